The zero-order valence-corrected chi connectivity index (χ0v) is 9.99. The summed E-state index contributed by atoms with van der Waals surface area (Å²) >= 11 is 0. The molecule has 0 aliphatic carbocycles. The molecule has 0 heterocycles. The van der Waals surface area contributed by atoms with Gasteiger partial charge in [0.2, 0.25) is 5.91 Å². The Morgan fingerprint density at radius 3 is 2.47 bits per heavy atom. The van der Waals surface area contributed by atoms with E-state index in [0.717, 1.165) is 12.8 Å². The van der Waals surface area contributed by atoms with Crippen molar-refractivity contribution in [2.45, 2.75) is 39.7 Å². The van der Waals surface area contributed by atoms with Crippen molar-refractivity contribution in [3.8, 4) is 0 Å². The first-order chi connectivity index (χ1) is 7.02. The van der Waals surface area contributed by atoms with E-state index in [9.17, 15) is 4.79 Å². The summed E-state index contributed by atoms with van der Waals surface area (Å²) in [6, 6.07) is -0.434. The van der Waals surface area contributed by atoms with Crippen LogP contribution in [0.5, 0.6) is 0 Å². The molecule has 0 aromatic carbocycles. The van der Waals surface area contributed by atoms with Crippen LogP contribution in [0.3, 0.4) is 0 Å². The molecule has 0 aromatic rings. The second-order valence-electron chi connectivity index (χ2n) is 4.30. The second kappa shape index (κ2) is 7.65. The molecule has 4 nitrogen and oxygen atoms in total. The maximum Gasteiger partial charge on any atom is 0.237 e. The lowest BCUT2D eigenvalue weighted by Gasteiger charge is -2.18. The second-order valence-corrected chi connectivity index (χ2v) is 4.30. The largest absolute Gasteiger partial charge is 0.396 e. The van der Waals surface area contributed by atoms with Crippen LogP contribution < -0.4 is 11.1 Å². The van der Waals surface area contributed by atoms with Crippen molar-refractivity contribution < 1.29 is 9.90 Å². The number of nitrogens with one attached hydrogen (secondary N) is 1. The Balaban J connectivity index is 3.87. The van der Waals surface area contributed by atoms with Gasteiger partial charge in [-0.1, -0.05) is 27.2 Å². The topological polar surface area (TPSA) is 75.3 Å². The number of aliphatic hydroxyl groups excluding tert-OH is 1. The van der Waals surface area contributed by atoms with Gasteiger partial charge in [-0.15, -0.1) is 0 Å². The van der Waals surface area contributed by atoms with Crippen LogP contribution in [-0.4, -0.2) is 30.2 Å². The van der Waals surface area contributed by atoms with Crippen LogP contribution in [-0.2, 0) is 4.79 Å². The molecular formula is C11H24N2O2. The zero-order valence-electron chi connectivity index (χ0n) is 9.99. The van der Waals surface area contributed by atoms with Crippen LogP contribution in [0, 0.1) is 11.8 Å². The highest BCUT2D eigenvalue weighted by Crippen LogP contribution is 2.06. The van der Waals surface area contributed by atoms with Gasteiger partial charge in [0.05, 0.1) is 6.04 Å². The fourth-order valence-corrected chi connectivity index (χ4v) is 1.30. The zero-order chi connectivity index (χ0) is 11.8. The van der Waals surface area contributed by atoms with E-state index in [-0.39, 0.29) is 18.4 Å². The van der Waals surface area contributed by atoms with Crippen molar-refractivity contribution in [1.29, 1.82) is 0 Å². The van der Waals surface area contributed by atoms with E-state index in [1.165, 1.54) is 0 Å². The molecule has 0 radical (unpaired) electrons. The van der Waals surface area contributed by atoms with Gasteiger partial charge in [-0.2, -0.15) is 0 Å². The minimum absolute atomic E-state index is 0.0959. The third-order valence-electron chi connectivity index (χ3n) is 2.70. The standard InChI is InChI=1S/C11H24N2O2/c1-4-9(5-6-14)7-13-11(15)10(12)8(2)3/h8-10,14H,4-7,12H2,1-3H3,(H,13,15)/t9?,10-/m0/s1. The van der Waals surface area contributed by atoms with Crippen molar-refractivity contribution in [1.82, 2.24) is 5.32 Å². The first kappa shape index (κ1) is 14.4. The third kappa shape index (κ3) is 5.74. The number of carbonyl (C=O) groups is 1. The van der Waals surface area contributed by atoms with Crippen LogP contribution in [0.15, 0.2) is 0 Å². The van der Waals surface area contributed by atoms with Crippen molar-refractivity contribution >= 4 is 5.91 Å². The first-order valence-corrected chi connectivity index (χ1v) is 5.67. The van der Waals surface area contributed by atoms with Gasteiger partial charge in [-0.05, 0) is 18.3 Å². The summed E-state index contributed by atoms with van der Waals surface area (Å²) in [5, 5.41) is 11.6. The SMILES string of the molecule is CCC(CCO)CNC(=O)[C@@H](N)C(C)C. The summed E-state index contributed by atoms with van der Waals surface area (Å²) < 4.78 is 0. The minimum atomic E-state index is -0.434. The highest BCUT2D eigenvalue weighted by atomic mass is 16.3. The Hall–Kier alpha value is -0.610. The monoisotopic (exact) mass is 216 g/mol. The molecule has 4 N–H and O–H groups in total. The Kier molecular flexibility index (Phi) is 7.34. The average Bonchev–Trinajstić information content (AvgIpc) is 2.22. The molecule has 0 saturated carbocycles. The predicted octanol–water partition coefficient (Wildman–Crippen LogP) is 0.494. The van der Waals surface area contributed by atoms with Gasteiger partial charge in [0, 0.05) is 13.2 Å². The maximum atomic E-state index is 11.5. The number of hydrogen-bond donors (Lipinski definition) is 3. The van der Waals surface area contributed by atoms with Crippen molar-refractivity contribution in [2.24, 2.45) is 17.6 Å². The lowest BCUT2D eigenvalue weighted by molar-refractivity contribution is -0.123. The number of aliphatic hydroxyl groups is 1. The number of amides is 1. The van der Waals surface area contributed by atoms with Crippen molar-refractivity contribution in [2.75, 3.05) is 13.2 Å². The van der Waals surface area contributed by atoms with Gasteiger partial charge in [-0.3, -0.25) is 4.79 Å². The Bertz CT molecular complexity index is 183. The summed E-state index contributed by atoms with van der Waals surface area (Å²) in [6.07, 6.45) is 1.69. The van der Waals surface area contributed by atoms with Crippen LogP contribution in [0.1, 0.15) is 33.6 Å². The quantitative estimate of drug-likeness (QED) is 0.580. The highest BCUT2D eigenvalue weighted by Gasteiger charge is 2.17. The summed E-state index contributed by atoms with van der Waals surface area (Å²) in [4.78, 5) is 11.5. The van der Waals surface area contributed by atoms with Gasteiger partial charge in [0.1, 0.15) is 0 Å². The molecule has 0 aliphatic rings. The molecular weight excluding hydrogens is 192 g/mol. The Morgan fingerprint density at radius 2 is 2.07 bits per heavy atom. The van der Waals surface area contributed by atoms with Crippen LogP contribution in [0.2, 0.25) is 0 Å². The highest BCUT2D eigenvalue weighted by molar-refractivity contribution is 5.81. The van der Waals surface area contributed by atoms with Crippen LogP contribution >= 0.6 is 0 Å². The van der Waals surface area contributed by atoms with E-state index < -0.39 is 6.04 Å². The number of rotatable bonds is 7. The van der Waals surface area contributed by atoms with E-state index in [1.54, 1.807) is 0 Å². The molecule has 0 aromatic heterocycles. The molecule has 0 spiro atoms. The van der Waals surface area contributed by atoms with Gasteiger partial charge in [-0.25, -0.2) is 0 Å². The van der Waals surface area contributed by atoms with Crippen molar-refractivity contribution in [3.63, 3.8) is 0 Å². The lowest BCUT2D eigenvalue weighted by Crippen LogP contribution is -2.45. The third-order valence-corrected chi connectivity index (χ3v) is 2.70. The number of nitrogens with two attached hydrogens (primary N) is 1. The van der Waals surface area contributed by atoms with E-state index in [1.807, 2.05) is 13.8 Å². The molecule has 1 amide bonds. The van der Waals surface area contributed by atoms with Gasteiger partial charge < -0.3 is 16.2 Å². The van der Waals surface area contributed by atoms with Gasteiger partial charge in [0.15, 0.2) is 0 Å². The molecule has 0 rings (SSSR count). The first-order valence-electron chi connectivity index (χ1n) is 5.67. The Morgan fingerprint density at radius 1 is 1.47 bits per heavy atom. The normalized spacial score (nSPS) is 15.1. The average molecular weight is 216 g/mol. The smallest absolute Gasteiger partial charge is 0.237 e. The molecule has 0 fully saturated rings. The summed E-state index contributed by atoms with van der Waals surface area (Å²) in [6.45, 7) is 6.68. The molecule has 0 bridgehead atoms. The van der Waals surface area contributed by atoms with E-state index in [2.05, 4.69) is 12.2 Å². The van der Waals surface area contributed by atoms with Crippen LogP contribution in [0.25, 0.3) is 0 Å². The minimum Gasteiger partial charge on any atom is -0.396 e. The summed E-state index contributed by atoms with van der Waals surface area (Å²) in [7, 11) is 0. The molecule has 2 atom stereocenters. The molecule has 90 valence electrons. The summed E-state index contributed by atoms with van der Waals surface area (Å²) in [5.74, 6) is 0.405. The summed E-state index contributed by atoms with van der Waals surface area (Å²) in [5.41, 5.74) is 5.70. The van der Waals surface area contributed by atoms with Crippen molar-refractivity contribution in [3.05, 3.63) is 0 Å². The van der Waals surface area contributed by atoms with Gasteiger partial charge >= 0.3 is 0 Å². The molecule has 15 heavy (non-hydrogen) atoms. The fourth-order valence-electron chi connectivity index (χ4n) is 1.30. The van der Waals surface area contributed by atoms with E-state index >= 15 is 0 Å². The Labute approximate surface area is 92.2 Å². The van der Waals surface area contributed by atoms with Crippen LogP contribution in [0.4, 0.5) is 0 Å². The van der Waals surface area contributed by atoms with E-state index in [4.69, 9.17) is 10.8 Å². The molecule has 1 unspecified atom stereocenters. The lowest BCUT2D eigenvalue weighted by atomic mass is 10.0. The fraction of sp³-hybridized carbons (Fsp3) is 0.909. The van der Waals surface area contributed by atoms with Gasteiger partial charge in [0.25, 0.3) is 0 Å². The maximum absolute atomic E-state index is 11.5. The molecule has 4 heteroatoms. The number of carbonyl (C=O) groups excluding carboxylic acids is 1. The molecule has 0 aliphatic heterocycles. The predicted molar refractivity (Wildman–Crippen MR) is 61.3 cm³/mol. The van der Waals surface area contributed by atoms with E-state index in [0.29, 0.717) is 12.5 Å². The number of hydrogen-bond acceptors (Lipinski definition) is 3. The molecule has 0 saturated heterocycles.